The summed E-state index contributed by atoms with van der Waals surface area (Å²) in [5.74, 6) is 3.96. The molecular formula is C60H78N4O4+2. The molecule has 0 amide bonds. The van der Waals surface area contributed by atoms with Crippen LogP contribution in [0.1, 0.15) is 185 Å². The van der Waals surface area contributed by atoms with Crippen LogP contribution in [0.25, 0.3) is 0 Å². The fourth-order valence-electron chi connectivity index (χ4n) is 11.2. The van der Waals surface area contributed by atoms with Gasteiger partial charge in [0.1, 0.15) is 73.0 Å². The summed E-state index contributed by atoms with van der Waals surface area (Å²) in [5.41, 5.74) is 12.1. The zero-order valence-corrected chi connectivity index (χ0v) is 41.8. The van der Waals surface area contributed by atoms with Crippen LogP contribution < -0.4 is 28.1 Å². The Morgan fingerprint density at radius 3 is 1.04 bits per heavy atom. The molecule has 0 radical (unpaired) electrons. The van der Waals surface area contributed by atoms with E-state index in [0.717, 1.165) is 61.8 Å². The quantitative estimate of drug-likeness (QED) is 0.0805. The number of nitrogens with zero attached hydrogens (tertiary/aromatic N) is 4. The number of rotatable bonds is 18. The van der Waals surface area contributed by atoms with Gasteiger partial charge in [0.2, 0.25) is 12.7 Å². The molecule has 2 heterocycles. The smallest absolute Gasteiger partial charge is 0.244 e. The van der Waals surface area contributed by atoms with Crippen LogP contribution in [-0.2, 0) is 38.8 Å². The molecule has 68 heavy (non-hydrogen) atoms. The van der Waals surface area contributed by atoms with Crippen molar-refractivity contribution in [1.82, 2.24) is 9.13 Å². The molecule has 9 rings (SSSR count). The highest BCUT2D eigenvalue weighted by atomic mass is 16.5. The van der Waals surface area contributed by atoms with E-state index in [1.807, 2.05) is 0 Å². The van der Waals surface area contributed by atoms with Crippen molar-refractivity contribution in [3.8, 4) is 23.0 Å². The lowest BCUT2D eigenvalue weighted by molar-refractivity contribution is -0.688. The molecule has 360 valence electrons. The van der Waals surface area contributed by atoms with Crippen LogP contribution in [-0.4, -0.2) is 35.6 Å². The largest absolute Gasteiger partial charge is 0.493 e. The highest BCUT2D eigenvalue weighted by molar-refractivity contribution is 5.57. The molecule has 0 unspecified atom stereocenters. The first-order valence-corrected chi connectivity index (χ1v) is 26.6. The van der Waals surface area contributed by atoms with Crippen molar-refractivity contribution >= 4 is 0 Å². The first kappa shape index (κ1) is 47.6. The van der Waals surface area contributed by atoms with E-state index in [2.05, 4.69) is 144 Å². The molecule has 0 atom stereocenters. The summed E-state index contributed by atoms with van der Waals surface area (Å²) in [5, 5.41) is 0. The monoisotopic (exact) mass is 919 g/mol. The van der Waals surface area contributed by atoms with Crippen LogP contribution in [0.2, 0.25) is 0 Å². The number of hydrogen-bond acceptors (Lipinski definition) is 4. The fourth-order valence-corrected chi connectivity index (χ4v) is 11.2. The van der Waals surface area contributed by atoms with E-state index in [1.54, 1.807) is 0 Å². The topological polar surface area (TPSA) is 54.5 Å². The Hall–Kier alpha value is -5.50. The molecule has 8 nitrogen and oxygen atoms in total. The summed E-state index contributed by atoms with van der Waals surface area (Å²) in [6, 6.07) is 24.4. The summed E-state index contributed by atoms with van der Waals surface area (Å²) >= 11 is 0. The zero-order valence-electron chi connectivity index (χ0n) is 41.8. The standard InChI is InChI=1S/C60H78N4O4/c1-5-29-65-57-47-17-15-18-48(57)38-52-34-46(42-62-26-28-64(44-62)56-23-13-10-14-24-56)36-54(60(52)68-32-8-4)40-50-20-16-19-49(58(50)66-30-6-2)39-53-35-45(33-51(37-47)59(53)67-31-7-3)41-61-25-27-63(43-61)55-21-11-9-12-22-55/h15-20,25-28,33-36,43-44,55-56H,5-14,21-24,29-32,37-42H2,1-4H3/q+2. The van der Waals surface area contributed by atoms with Crippen molar-refractivity contribution in [3.63, 3.8) is 0 Å². The van der Waals surface area contributed by atoms with E-state index < -0.39 is 0 Å². The van der Waals surface area contributed by atoms with E-state index in [9.17, 15) is 0 Å². The van der Waals surface area contributed by atoms with Gasteiger partial charge in [-0.05, 0) is 157 Å². The Morgan fingerprint density at radius 1 is 0.426 bits per heavy atom. The van der Waals surface area contributed by atoms with E-state index in [0.29, 0.717) is 64.2 Å². The predicted octanol–water partition coefficient (Wildman–Crippen LogP) is 12.8. The van der Waals surface area contributed by atoms with Gasteiger partial charge in [-0.15, -0.1) is 0 Å². The van der Waals surface area contributed by atoms with Crippen molar-refractivity contribution in [2.45, 2.75) is 168 Å². The summed E-state index contributed by atoms with van der Waals surface area (Å²) in [6.45, 7) is 13.0. The van der Waals surface area contributed by atoms with Gasteiger partial charge < -0.3 is 18.9 Å². The Balaban J connectivity index is 1.19. The van der Waals surface area contributed by atoms with E-state index in [4.69, 9.17) is 18.9 Å². The molecule has 3 aliphatic rings. The van der Waals surface area contributed by atoms with Crippen LogP contribution in [0.15, 0.2) is 98.1 Å². The number of aromatic nitrogens is 4. The second kappa shape index (κ2) is 23.2. The van der Waals surface area contributed by atoms with Crippen molar-refractivity contribution in [1.29, 1.82) is 0 Å². The Kier molecular flexibility index (Phi) is 16.2. The number of fused-ring (bicyclic) bond motifs is 8. The molecule has 2 saturated carbocycles. The average molecular weight is 919 g/mol. The number of imidazole rings is 2. The molecule has 3 aliphatic carbocycles. The van der Waals surface area contributed by atoms with Gasteiger partial charge in [-0.2, -0.15) is 0 Å². The van der Waals surface area contributed by atoms with Gasteiger partial charge in [-0.3, -0.25) is 0 Å². The number of para-hydroxylation sites is 2. The Morgan fingerprint density at radius 2 is 0.735 bits per heavy atom. The minimum absolute atomic E-state index is 0.593. The maximum absolute atomic E-state index is 6.91. The Labute approximate surface area is 407 Å². The first-order valence-electron chi connectivity index (χ1n) is 26.6. The lowest BCUT2D eigenvalue weighted by atomic mass is 9.89. The van der Waals surface area contributed by atoms with E-state index in [1.165, 1.54) is 120 Å². The highest BCUT2D eigenvalue weighted by Crippen LogP contribution is 2.40. The van der Waals surface area contributed by atoms with Gasteiger partial charge >= 0.3 is 0 Å². The lowest BCUT2D eigenvalue weighted by Crippen LogP contribution is -2.32. The van der Waals surface area contributed by atoms with Crippen LogP contribution in [0.5, 0.6) is 23.0 Å². The van der Waals surface area contributed by atoms with Gasteiger partial charge in [0.15, 0.2) is 0 Å². The number of benzene rings is 4. The zero-order chi connectivity index (χ0) is 46.7. The molecule has 4 aromatic carbocycles. The molecule has 0 N–H and O–H groups in total. The molecule has 2 fully saturated rings. The predicted molar refractivity (Wildman–Crippen MR) is 272 cm³/mol. The maximum atomic E-state index is 6.91. The molecule has 8 heteroatoms. The van der Waals surface area contributed by atoms with Crippen LogP contribution >= 0.6 is 0 Å². The molecule has 6 aromatic rings. The van der Waals surface area contributed by atoms with E-state index >= 15 is 0 Å². The van der Waals surface area contributed by atoms with Crippen LogP contribution in [0.3, 0.4) is 0 Å². The molecular weight excluding hydrogens is 841 g/mol. The fraction of sp³-hybridized carbons (Fsp3) is 0.500. The van der Waals surface area contributed by atoms with Gasteiger partial charge in [0.05, 0.1) is 26.4 Å². The van der Waals surface area contributed by atoms with Crippen molar-refractivity contribution in [2.75, 3.05) is 26.4 Å². The van der Waals surface area contributed by atoms with Gasteiger partial charge in [-0.25, -0.2) is 18.3 Å². The summed E-state index contributed by atoms with van der Waals surface area (Å²) in [6.07, 6.45) is 33.3. The molecule has 0 saturated heterocycles. The van der Waals surface area contributed by atoms with Gasteiger partial charge in [0, 0.05) is 25.7 Å². The molecule has 2 aromatic heterocycles. The first-order chi connectivity index (χ1) is 33.5. The Bertz CT molecular complexity index is 2310. The summed E-state index contributed by atoms with van der Waals surface area (Å²) in [4.78, 5) is 0. The number of ether oxygens (including phenoxy) is 4. The normalized spacial score (nSPS) is 15.6. The van der Waals surface area contributed by atoms with Crippen molar-refractivity contribution in [2.24, 2.45) is 0 Å². The molecule has 8 bridgehead atoms. The minimum atomic E-state index is 0.593. The average Bonchev–Trinajstić information content (AvgIpc) is 4.04. The van der Waals surface area contributed by atoms with Gasteiger partial charge in [0.25, 0.3) is 0 Å². The van der Waals surface area contributed by atoms with Gasteiger partial charge in [-0.1, -0.05) is 76.9 Å². The number of hydrogen-bond donors (Lipinski definition) is 0. The minimum Gasteiger partial charge on any atom is -0.493 e. The van der Waals surface area contributed by atoms with E-state index in [-0.39, 0.29) is 0 Å². The highest BCUT2D eigenvalue weighted by Gasteiger charge is 2.26. The molecule has 0 spiro atoms. The third-order valence-corrected chi connectivity index (χ3v) is 14.4. The SMILES string of the molecule is CCCOc1c2cccc1Cc1cc(C[n+]3ccn(C4CCCCC4)c3)cc(c1OCCC)Cc1cccc(c1OCCC)Cc1cc(C[n+]3ccn(C4CCCCC4)c3)cc(c1OCCC)C2. The van der Waals surface area contributed by atoms with Crippen LogP contribution in [0, 0.1) is 0 Å². The van der Waals surface area contributed by atoms with Crippen molar-refractivity contribution in [3.05, 3.63) is 154 Å². The summed E-state index contributed by atoms with van der Waals surface area (Å²) in [7, 11) is 0. The van der Waals surface area contributed by atoms with Crippen molar-refractivity contribution < 1.29 is 28.1 Å². The molecule has 0 aliphatic heterocycles. The third-order valence-electron chi connectivity index (χ3n) is 14.4. The maximum Gasteiger partial charge on any atom is 0.244 e. The lowest BCUT2D eigenvalue weighted by Gasteiger charge is -2.23. The third kappa shape index (κ3) is 11.5. The van der Waals surface area contributed by atoms with Crippen LogP contribution in [0.4, 0.5) is 0 Å². The second-order valence-electron chi connectivity index (χ2n) is 20.0. The second-order valence-corrected chi connectivity index (χ2v) is 20.0. The summed E-state index contributed by atoms with van der Waals surface area (Å²) < 4.78 is 37.3.